The van der Waals surface area contributed by atoms with Crippen molar-refractivity contribution in [3.63, 3.8) is 0 Å². The van der Waals surface area contributed by atoms with Crippen molar-refractivity contribution in [1.29, 1.82) is 0 Å². The second kappa shape index (κ2) is 11.1. The monoisotopic (exact) mass is 345 g/mol. The molecule has 0 aliphatic rings. The number of guanidine groups is 1. The molecule has 0 fully saturated rings. The topological polar surface area (TPSA) is 68.0 Å². The highest BCUT2D eigenvalue weighted by atomic mass is 16.5. The summed E-state index contributed by atoms with van der Waals surface area (Å²) in [5.74, 6) is 2.47. The smallest absolute Gasteiger partial charge is 0.191 e. The van der Waals surface area contributed by atoms with Crippen LogP contribution in [-0.4, -0.2) is 32.8 Å². The number of benzene rings is 1. The lowest BCUT2D eigenvalue weighted by Crippen LogP contribution is -2.37. The first kappa shape index (κ1) is 18.9. The quantitative estimate of drug-likeness (QED) is 0.394. The SMILES string of the molecule is CCOCCCNC(=NCc1ccc(OC)cc1)NCc1ccco1. The maximum absolute atomic E-state index is 5.36. The predicted molar refractivity (Wildman–Crippen MR) is 98.8 cm³/mol. The van der Waals surface area contributed by atoms with E-state index in [9.17, 15) is 0 Å². The van der Waals surface area contributed by atoms with Crippen LogP contribution in [0.5, 0.6) is 5.75 Å². The van der Waals surface area contributed by atoms with Crippen LogP contribution in [0.2, 0.25) is 0 Å². The zero-order valence-electron chi connectivity index (χ0n) is 15.0. The summed E-state index contributed by atoms with van der Waals surface area (Å²) in [7, 11) is 1.66. The molecule has 2 N–H and O–H groups in total. The van der Waals surface area contributed by atoms with Crippen molar-refractivity contribution in [2.45, 2.75) is 26.4 Å². The maximum Gasteiger partial charge on any atom is 0.191 e. The highest BCUT2D eigenvalue weighted by Gasteiger charge is 2.01. The van der Waals surface area contributed by atoms with Crippen LogP contribution in [0.25, 0.3) is 0 Å². The van der Waals surface area contributed by atoms with Crippen LogP contribution in [0.15, 0.2) is 52.1 Å². The number of nitrogens with one attached hydrogen (secondary N) is 2. The van der Waals surface area contributed by atoms with Crippen molar-refractivity contribution >= 4 is 5.96 Å². The summed E-state index contributed by atoms with van der Waals surface area (Å²) >= 11 is 0. The number of nitrogens with zero attached hydrogens (tertiary/aromatic N) is 1. The fraction of sp³-hybridized carbons (Fsp3) is 0.421. The van der Waals surface area contributed by atoms with Gasteiger partial charge in [-0.3, -0.25) is 0 Å². The Balaban J connectivity index is 1.88. The van der Waals surface area contributed by atoms with Crippen LogP contribution in [-0.2, 0) is 17.8 Å². The first-order chi connectivity index (χ1) is 12.3. The van der Waals surface area contributed by atoms with Gasteiger partial charge in [-0.2, -0.15) is 0 Å². The highest BCUT2D eigenvalue weighted by Crippen LogP contribution is 2.11. The molecular weight excluding hydrogens is 318 g/mol. The van der Waals surface area contributed by atoms with Crippen LogP contribution in [0, 0.1) is 0 Å². The van der Waals surface area contributed by atoms with Crippen molar-refractivity contribution in [1.82, 2.24) is 10.6 Å². The number of ether oxygens (including phenoxy) is 2. The molecular formula is C19H27N3O3. The molecule has 25 heavy (non-hydrogen) atoms. The Bertz CT molecular complexity index is 609. The number of methoxy groups -OCH3 is 1. The summed E-state index contributed by atoms with van der Waals surface area (Å²) in [6.07, 6.45) is 2.60. The fourth-order valence-corrected chi connectivity index (χ4v) is 2.18. The zero-order valence-corrected chi connectivity index (χ0v) is 15.0. The molecule has 0 radical (unpaired) electrons. The van der Waals surface area contributed by atoms with E-state index in [1.807, 2.05) is 43.3 Å². The fourth-order valence-electron chi connectivity index (χ4n) is 2.18. The second-order valence-electron chi connectivity index (χ2n) is 5.42. The Morgan fingerprint density at radius 2 is 2.00 bits per heavy atom. The molecule has 2 aromatic rings. The standard InChI is InChI=1S/C19H27N3O3/c1-3-24-12-5-11-20-19(22-15-18-6-4-13-25-18)21-14-16-7-9-17(23-2)10-8-16/h4,6-10,13H,3,5,11-12,14-15H2,1-2H3,(H2,20,21,22). The molecule has 1 aromatic carbocycles. The Kier molecular flexibility index (Phi) is 8.41. The Labute approximate surface area is 149 Å². The van der Waals surface area contributed by atoms with Crippen molar-refractivity contribution in [3.8, 4) is 5.75 Å². The average Bonchev–Trinajstić information content (AvgIpc) is 3.17. The molecule has 0 unspecified atom stereocenters. The lowest BCUT2D eigenvalue weighted by atomic mass is 10.2. The number of hydrogen-bond donors (Lipinski definition) is 2. The molecule has 1 heterocycles. The number of aliphatic imine (C=N–C) groups is 1. The first-order valence-corrected chi connectivity index (χ1v) is 8.57. The summed E-state index contributed by atoms with van der Waals surface area (Å²) in [6, 6.07) is 11.7. The van der Waals surface area contributed by atoms with Gasteiger partial charge in [0.15, 0.2) is 5.96 Å². The van der Waals surface area contributed by atoms with Gasteiger partial charge in [0, 0.05) is 19.8 Å². The molecule has 0 spiro atoms. The van der Waals surface area contributed by atoms with Crippen LogP contribution in [0.1, 0.15) is 24.7 Å². The molecule has 0 aliphatic heterocycles. The van der Waals surface area contributed by atoms with Gasteiger partial charge in [0.05, 0.1) is 26.5 Å². The van der Waals surface area contributed by atoms with Gasteiger partial charge in [0.25, 0.3) is 0 Å². The van der Waals surface area contributed by atoms with Gasteiger partial charge in [-0.15, -0.1) is 0 Å². The minimum absolute atomic E-state index is 0.586. The van der Waals surface area contributed by atoms with Crippen LogP contribution >= 0.6 is 0 Å². The van der Waals surface area contributed by atoms with E-state index in [0.29, 0.717) is 13.1 Å². The van der Waals surface area contributed by atoms with E-state index in [4.69, 9.17) is 13.9 Å². The number of rotatable bonds is 10. The minimum Gasteiger partial charge on any atom is -0.497 e. The van der Waals surface area contributed by atoms with Crippen molar-refractivity contribution in [2.24, 2.45) is 4.99 Å². The average molecular weight is 345 g/mol. The molecule has 0 bridgehead atoms. The van der Waals surface area contributed by atoms with Crippen molar-refractivity contribution in [3.05, 3.63) is 54.0 Å². The highest BCUT2D eigenvalue weighted by molar-refractivity contribution is 5.79. The van der Waals surface area contributed by atoms with E-state index >= 15 is 0 Å². The Morgan fingerprint density at radius 1 is 1.16 bits per heavy atom. The van der Waals surface area contributed by atoms with Crippen LogP contribution < -0.4 is 15.4 Å². The van der Waals surface area contributed by atoms with Gasteiger partial charge in [-0.1, -0.05) is 12.1 Å². The number of hydrogen-bond acceptors (Lipinski definition) is 4. The summed E-state index contributed by atoms with van der Waals surface area (Å²) in [5, 5.41) is 6.61. The summed E-state index contributed by atoms with van der Waals surface area (Å²) < 4.78 is 15.9. The molecule has 0 saturated heterocycles. The molecule has 6 heteroatoms. The van der Waals surface area contributed by atoms with E-state index in [0.717, 1.165) is 49.2 Å². The van der Waals surface area contributed by atoms with E-state index in [1.54, 1.807) is 13.4 Å². The minimum atomic E-state index is 0.586. The van der Waals surface area contributed by atoms with Crippen molar-refractivity contribution < 1.29 is 13.9 Å². The molecule has 2 rings (SSSR count). The largest absolute Gasteiger partial charge is 0.497 e. The normalized spacial score (nSPS) is 11.4. The third-order valence-corrected chi connectivity index (χ3v) is 3.55. The van der Waals surface area contributed by atoms with E-state index in [-0.39, 0.29) is 0 Å². The summed E-state index contributed by atoms with van der Waals surface area (Å²) in [5.41, 5.74) is 1.12. The molecule has 1 aromatic heterocycles. The Hall–Kier alpha value is -2.47. The molecule has 0 atom stereocenters. The molecule has 6 nitrogen and oxygen atoms in total. The lowest BCUT2D eigenvalue weighted by Gasteiger charge is -2.12. The second-order valence-corrected chi connectivity index (χ2v) is 5.42. The van der Waals surface area contributed by atoms with E-state index in [2.05, 4.69) is 15.6 Å². The van der Waals surface area contributed by atoms with Gasteiger partial charge < -0.3 is 24.5 Å². The molecule has 136 valence electrons. The number of furan rings is 1. The Morgan fingerprint density at radius 3 is 2.68 bits per heavy atom. The third kappa shape index (κ3) is 7.30. The van der Waals surface area contributed by atoms with Crippen molar-refractivity contribution in [2.75, 3.05) is 26.9 Å². The summed E-state index contributed by atoms with van der Waals surface area (Å²) in [6.45, 7) is 5.46. The van der Waals surface area contributed by atoms with Crippen LogP contribution in [0.4, 0.5) is 0 Å². The maximum atomic E-state index is 5.36. The van der Waals surface area contributed by atoms with E-state index in [1.165, 1.54) is 0 Å². The van der Waals surface area contributed by atoms with E-state index < -0.39 is 0 Å². The van der Waals surface area contributed by atoms with Crippen LogP contribution in [0.3, 0.4) is 0 Å². The van der Waals surface area contributed by atoms with Gasteiger partial charge in [-0.05, 0) is 43.2 Å². The third-order valence-electron chi connectivity index (χ3n) is 3.55. The molecule has 0 saturated carbocycles. The predicted octanol–water partition coefficient (Wildman–Crippen LogP) is 2.95. The summed E-state index contributed by atoms with van der Waals surface area (Å²) in [4.78, 5) is 4.64. The van der Waals surface area contributed by atoms with Gasteiger partial charge >= 0.3 is 0 Å². The molecule has 0 amide bonds. The molecule has 0 aliphatic carbocycles. The zero-order chi connectivity index (χ0) is 17.7. The lowest BCUT2D eigenvalue weighted by molar-refractivity contribution is 0.145. The first-order valence-electron chi connectivity index (χ1n) is 8.57. The van der Waals surface area contributed by atoms with Gasteiger partial charge in [0.2, 0.25) is 0 Å². The van der Waals surface area contributed by atoms with Gasteiger partial charge in [-0.25, -0.2) is 4.99 Å². The van der Waals surface area contributed by atoms with Gasteiger partial charge in [0.1, 0.15) is 11.5 Å².